The lowest BCUT2D eigenvalue weighted by atomic mass is 10.1. The van der Waals surface area contributed by atoms with Crippen LogP contribution in [0.25, 0.3) is 0 Å². The van der Waals surface area contributed by atoms with Crippen molar-refractivity contribution in [3.8, 4) is 23.0 Å². The zero-order valence-electron chi connectivity index (χ0n) is 18.0. The van der Waals surface area contributed by atoms with Crippen LogP contribution < -0.4 is 25.3 Å². The van der Waals surface area contributed by atoms with Crippen molar-refractivity contribution in [1.29, 1.82) is 0 Å². The third kappa shape index (κ3) is 5.23. The number of hydrogen-bond donors (Lipinski definition) is 2. The van der Waals surface area contributed by atoms with Crippen molar-refractivity contribution in [2.24, 2.45) is 5.73 Å². The van der Waals surface area contributed by atoms with Gasteiger partial charge in [0.1, 0.15) is 22.8 Å². The van der Waals surface area contributed by atoms with Gasteiger partial charge in [0.15, 0.2) is 11.6 Å². The number of ether oxygens (including phenoxy) is 3. The molecule has 2 aromatic carbocycles. The maximum absolute atomic E-state index is 14.1. The first-order valence-corrected chi connectivity index (χ1v) is 9.53. The first kappa shape index (κ1) is 25.2. The Morgan fingerprint density at radius 3 is 2.23 bits per heavy atom. The number of nitrogens with one attached hydrogen (secondary N) is 1. The molecule has 1 aromatic heterocycles. The van der Waals surface area contributed by atoms with Gasteiger partial charge in [-0.3, -0.25) is 14.6 Å². The molecular formula is C22H16F5N3O5. The average Bonchev–Trinajstić information content (AvgIpc) is 2.80. The smallest absolute Gasteiger partial charge is 0.419 e. The highest BCUT2D eigenvalue weighted by Crippen LogP contribution is 2.44. The number of primary amides is 1. The van der Waals surface area contributed by atoms with E-state index in [1.54, 1.807) is 0 Å². The van der Waals surface area contributed by atoms with Crippen molar-refractivity contribution in [3.05, 3.63) is 71.1 Å². The van der Waals surface area contributed by atoms with E-state index >= 15 is 0 Å². The molecule has 0 fully saturated rings. The molecule has 2 amide bonds. The van der Waals surface area contributed by atoms with Gasteiger partial charge in [-0.2, -0.15) is 17.6 Å². The largest absolute Gasteiger partial charge is 0.495 e. The third-order valence-electron chi connectivity index (χ3n) is 4.56. The van der Waals surface area contributed by atoms with Crippen LogP contribution in [0.15, 0.2) is 42.6 Å². The number of anilines is 1. The van der Waals surface area contributed by atoms with Crippen molar-refractivity contribution < 1.29 is 45.8 Å². The minimum absolute atomic E-state index is 0.0328. The lowest BCUT2D eigenvalue weighted by Gasteiger charge is -2.20. The summed E-state index contributed by atoms with van der Waals surface area (Å²) in [7, 11) is 1.92. The number of carbonyl (C=O) groups is 2. The number of carbonyl (C=O) groups excluding carboxylic acids is 2. The lowest BCUT2D eigenvalue weighted by molar-refractivity contribution is -0.138. The molecule has 0 spiro atoms. The second-order valence-corrected chi connectivity index (χ2v) is 6.76. The van der Waals surface area contributed by atoms with E-state index in [0.29, 0.717) is 12.1 Å². The Kier molecular flexibility index (Phi) is 7.08. The van der Waals surface area contributed by atoms with Crippen LogP contribution in [0.5, 0.6) is 23.0 Å². The Morgan fingerprint density at radius 2 is 1.63 bits per heavy atom. The van der Waals surface area contributed by atoms with Gasteiger partial charge in [0.25, 0.3) is 11.8 Å². The summed E-state index contributed by atoms with van der Waals surface area (Å²) in [4.78, 5) is 28.1. The first-order valence-electron chi connectivity index (χ1n) is 9.53. The fraction of sp³-hybridized carbons (Fsp3) is 0.136. The van der Waals surface area contributed by atoms with Crippen LogP contribution in [0.3, 0.4) is 0 Å². The topological polar surface area (TPSA) is 113 Å². The molecule has 35 heavy (non-hydrogen) atoms. The highest BCUT2D eigenvalue weighted by atomic mass is 19.4. The standard InChI is InChI=1S/C22H16F5N3O5/c1-33-18-11(22(25,26)27)3-5-14(35-15-6-4-12(23)17(24)19(15)34-2)16(18)21(32)30-10-7-8-29-13(9-10)20(28)31/h3-9H,1-2H3,(H2,28,31)(H,29,30,32). The van der Waals surface area contributed by atoms with Crippen LogP contribution >= 0.6 is 0 Å². The predicted molar refractivity (Wildman–Crippen MR) is 112 cm³/mol. The SMILES string of the molecule is COc1c(Oc2ccc(C(F)(F)F)c(OC)c2C(=O)Nc2ccnc(C(N)=O)c2)ccc(F)c1F. The van der Waals surface area contributed by atoms with E-state index < -0.39 is 63.8 Å². The van der Waals surface area contributed by atoms with E-state index in [4.69, 9.17) is 19.9 Å². The molecule has 0 aliphatic heterocycles. The van der Waals surface area contributed by atoms with E-state index in [0.717, 1.165) is 38.6 Å². The molecule has 0 radical (unpaired) electrons. The van der Waals surface area contributed by atoms with E-state index in [1.165, 1.54) is 6.07 Å². The number of alkyl halides is 3. The van der Waals surface area contributed by atoms with Gasteiger partial charge >= 0.3 is 6.18 Å². The number of rotatable bonds is 7. The number of benzene rings is 2. The summed E-state index contributed by atoms with van der Waals surface area (Å²) in [5, 5.41) is 2.30. The van der Waals surface area contributed by atoms with Gasteiger partial charge in [-0.1, -0.05) is 0 Å². The molecular weight excluding hydrogens is 481 g/mol. The third-order valence-corrected chi connectivity index (χ3v) is 4.56. The molecule has 0 aliphatic carbocycles. The van der Waals surface area contributed by atoms with Crippen molar-refractivity contribution in [1.82, 2.24) is 4.98 Å². The highest BCUT2D eigenvalue weighted by Gasteiger charge is 2.38. The van der Waals surface area contributed by atoms with Gasteiger partial charge in [0.05, 0.1) is 19.8 Å². The summed E-state index contributed by atoms with van der Waals surface area (Å²) in [6.07, 6.45) is -3.78. The molecule has 0 unspecified atom stereocenters. The zero-order chi connectivity index (χ0) is 25.9. The van der Waals surface area contributed by atoms with Gasteiger partial charge in [0, 0.05) is 11.9 Å². The van der Waals surface area contributed by atoms with Crippen LogP contribution in [0, 0.1) is 11.6 Å². The number of hydrogen-bond acceptors (Lipinski definition) is 6. The molecule has 0 saturated carbocycles. The Bertz CT molecular complexity index is 1300. The van der Waals surface area contributed by atoms with Crippen molar-refractivity contribution in [3.63, 3.8) is 0 Å². The van der Waals surface area contributed by atoms with Gasteiger partial charge in [-0.25, -0.2) is 4.39 Å². The molecule has 184 valence electrons. The molecule has 1 heterocycles. The number of amides is 2. The number of halogens is 5. The highest BCUT2D eigenvalue weighted by molar-refractivity contribution is 6.09. The molecule has 3 aromatic rings. The molecule has 13 heteroatoms. The molecule has 3 rings (SSSR count). The number of aromatic nitrogens is 1. The fourth-order valence-electron chi connectivity index (χ4n) is 3.04. The van der Waals surface area contributed by atoms with Crippen molar-refractivity contribution in [2.75, 3.05) is 19.5 Å². The van der Waals surface area contributed by atoms with E-state index in [9.17, 15) is 31.5 Å². The van der Waals surface area contributed by atoms with Crippen LogP contribution in [-0.2, 0) is 6.18 Å². The van der Waals surface area contributed by atoms with Crippen molar-refractivity contribution in [2.45, 2.75) is 6.18 Å². The predicted octanol–water partition coefficient (Wildman–Crippen LogP) is 4.54. The second kappa shape index (κ2) is 9.83. The van der Waals surface area contributed by atoms with Gasteiger partial charge in [-0.15, -0.1) is 0 Å². The normalized spacial score (nSPS) is 11.1. The number of nitrogens with zero attached hydrogens (tertiary/aromatic N) is 1. The maximum atomic E-state index is 14.1. The number of nitrogens with two attached hydrogens (primary N) is 1. The second-order valence-electron chi connectivity index (χ2n) is 6.76. The van der Waals surface area contributed by atoms with Gasteiger partial charge < -0.3 is 25.3 Å². The first-order chi connectivity index (χ1) is 16.5. The molecule has 0 bridgehead atoms. The van der Waals surface area contributed by atoms with Gasteiger partial charge in [0.2, 0.25) is 11.6 Å². The van der Waals surface area contributed by atoms with Crippen LogP contribution in [0.1, 0.15) is 26.4 Å². The number of methoxy groups -OCH3 is 2. The Hall–Kier alpha value is -4.42. The molecule has 0 aliphatic rings. The summed E-state index contributed by atoms with van der Waals surface area (Å²) in [5.74, 6) is -7.25. The summed E-state index contributed by atoms with van der Waals surface area (Å²) in [5.41, 5.74) is 2.86. The van der Waals surface area contributed by atoms with Crippen molar-refractivity contribution >= 4 is 17.5 Å². The van der Waals surface area contributed by atoms with Crippen LogP contribution in [-0.4, -0.2) is 31.0 Å². The fourth-order valence-corrected chi connectivity index (χ4v) is 3.04. The summed E-state index contributed by atoms with van der Waals surface area (Å²) in [6, 6.07) is 5.42. The molecule has 3 N–H and O–H groups in total. The van der Waals surface area contributed by atoms with Crippen LogP contribution in [0.2, 0.25) is 0 Å². The molecule has 8 nitrogen and oxygen atoms in total. The van der Waals surface area contributed by atoms with Crippen LogP contribution in [0.4, 0.5) is 27.6 Å². The quantitative estimate of drug-likeness (QED) is 0.464. The van der Waals surface area contributed by atoms with E-state index in [-0.39, 0.29) is 11.4 Å². The Labute approximate surface area is 194 Å². The van der Waals surface area contributed by atoms with E-state index in [1.807, 2.05) is 0 Å². The monoisotopic (exact) mass is 497 g/mol. The van der Waals surface area contributed by atoms with Gasteiger partial charge in [-0.05, 0) is 36.4 Å². The minimum Gasteiger partial charge on any atom is -0.495 e. The maximum Gasteiger partial charge on any atom is 0.419 e. The Morgan fingerprint density at radius 1 is 0.971 bits per heavy atom. The zero-order valence-corrected chi connectivity index (χ0v) is 18.0. The minimum atomic E-state index is -4.92. The average molecular weight is 497 g/mol. The number of pyridine rings is 1. The molecule has 0 atom stereocenters. The lowest BCUT2D eigenvalue weighted by Crippen LogP contribution is -2.19. The summed E-state index contributed by atoms with van der Waals surface area (Å²) in [6.45, 7) is 0. The summed E-state index contributed by atoms with van der Waals surface area (Å²) >= 11 is 0. The Balaban J connectivity index is 2.15. The molecule has 0 saturated heterocycles. The summed E-state index contributed by atoms with van der Waals surface area (Å²) < 4.78 is 83.6. The van der Waals surface area contributed by atoms with E-state index in [2.05, 4.69) is 10.3 Å².